The van der Waals surface area contributed by atoms with Crippen molar-refractivity contribution in [2.75, 3.05) is 39.6 Å². The van der Waals surface area contributed by atoms with Gasteiger partial charge in [0.25, 0.3) is 0 Å². The minimum Gasteiger partial charge on any atom is -0.462 e. The molecule has 0 fully saturated rings. The molecule has 0 aliphatic rings. The first-order valence-electron chi connectivity index (χ1n) is 42.7. The number of phosphoric ester groups is 2. The molecule has 0 aromatic rings. The molecule has 606 valence electrons. The molecule has 0 aromatic carbocycles. The zero-order chi connectivity index (χ0) is 75.3. The Morgan fingerprint density at radius 3 is 0.608 bits per heavy atom. The summed E-state index contributed by atoms with van der Waals surface area (Å²) < 4.78 is 68.8. The maximum atomic E-state index is 13.1. The predicted octanol–water partition coefficient (Wildman–Crippen LogP) is 24.8. The molecule has 0 bridgehead atoms. The van der Waals surface area contributed by atoms with Gasteiger partial charge in [-0.2, -0.15) is 0 Å². The minimum absolute atomic E-state index is 0.107. The molecule has 0 saturated carbocycles. The molecule has 0 rings (SSSR count). The average Bonchev–Trinajstić information content (AvgIpc) is 0.912. The van der Waals surface area contributed by atoms with Crippen molar-refractivity contribution >= 4 is 39.5 Å². The molecule has 19 heteroatoms. The van der Waals surface area contributed by atoms with E-state index in [2.05, 4.69) is 55.4 Å². The summed E-state index contributed by atoms with van der Waals surface area (Å²) in [4.78, 5) is 73.2. The number of rotatable bonds is 80. The van der Waals surface area contributed by atoms with Crippen LogP contribution in [-0.2, 0) is 65.4 Å². The van der Waals surface area contributed by atoms with Crippen LogP contribution in [0.15, 0.2) is 0 Å². The van der Waals surface area contributed by atoms with Gasteiger partial charge in [-0.15, -0.1) is 0 Å². The zero-order valence-electron chi connectivity index (χ0n) is 67.2. The van der Waals surface area contributed by atoms with Gasteiger partial charge in [0.2, 0.25) is 0 Å². The Morgan fingerprint density at radius 2 is 0.412 bits per heavy atom. The van der Waals surface area contributed by atoms with E-state index >= 15 is 0 Å². The molecule has 0 aliphatic carbocycles. The van der Waals surface area contributed by atoms with Gasteiger partial charge in [-0.25, -0.2) is 9.13 Å². The molecule has 0 saturated heterocycles. The second-order valence-corrected chi connectivity index (χ2v) is 34.7. The number of esters is 4. The maximum Gasteiger partial charge on any atom is 0.472 e. The third-order valence-corrected chi connectivity index (χ3v) is 21.2. The molecule has 102 heavy (non-hydrogen) atoms. The Balaban J connectivity index is 5.27. The standard InChI is InChI=1S/C83H162O17P2/c1-73(2)59-51-43-35-27-20-14-9-11-17-23-31-39-47-55-63-80(85)93-69-78(99-82(87)65-57-49-41-32-24-18-12-10-15-21-28-36-44-52-60-74(3)4)71-97-101(89,90)95-67-77(84)68-96-102(91,92)98-72-79(70-94-81(86)64-56-48-40-34-26-30-38-46-54-62-76(7)8)100-83(88)66-58-50-42-33-25-19-13-16-22-29-37-45-53-61-75(5)6/h73-79,84H,9-72H2,1-8H3,(H,89,90)(H,91,92)/t77-,78-,79-/m1/s1. The van der Waals surface area contributed by atoms with Gasteiger partial charge in [0.1, 0.15) is 19.3 Å². The highest BCUT2D eigenvalue weighted by molar-refractivity contribution is 7.47. The third kappa shape index (κ3) is 76.3. The summed E-state index contributed by atoms with van der Waals surface area (Å²) in [6, 6.07) is 0. The number of hydrogen-bond acceptors (Lipinski definition) is 15. The lowest BCUT2D eigenvalue weighted by Gasteiger charge is -2.21. The molecule has 5 atom stereocenters. The topological polar surface area (TPSA) is 237 Å². The Labute approximate surface area is 626 Å². The summed E-state index contributed by atoms with van der Waals surface area (Å²) in [6.45, 7) is 14.3. The van der Waals surface area contributed by atoms with E-state index in [0.29, 0.717) is 25.7 Å². The van der Waals surface area contributed by atoms with Gasteiger partial charge in [-0.05, 0) is 49.4 Å². The van der Waals surface area contributed by atoms with Crippen LogP contribution in [0.1, 0.15) is 428 Å². The van der Waals surface area contributed by atoms with E-state index in [1.807, 2.05) is 0 Å². The van der Waals surface area contributed by atoms with E-state index in [-0.39, 0.29) is 25.7 Å². The monoisotopic (exact) mass is 1490 g/mol. The number of aliphatic hydroxyl groups is 1. The van der Waals surface area contributed by atoms with E-state index < -0.39 is 97.5 Å². The normalized spacial score (nSPS) is 14.0. The fraction of sp³-hybridized carbons (Fsp3) is 0.952. The molecule has 0 radical (unpaired) electrons. The molecular weight excluding hydrogens is 1330 g/mol. The number of carbonyl (C=O) groups excluding carboxylic acids is 4. The SMILES string of the molecule is CC(C)CCCCCCCCCCCCCCCCC(=O)OC[C@H](COP(=O)(O)OC[C@@H](O)COP(=O)(O)OC[C@@H](COC(=O)CCCCCCCCCCCC(C)C)OC(=O)CCCCCCCCCCCCCCCC(C)C)OC(=O)CCCCCCCCCCCCCCCCC(C)C. The van der Waals surface area contributed by atoms with Gasteiger partial charge in [-0.3, -0.25) is 37.3 Å². The Bertz CT molecular complexity index is 1990. The number of carbonyl (C=O) groups is 4. The quantitative estimate of drug-likeness (QED) is 0.0222. The summed E-state index contributed by atoms with van der Waals surface area (Å²) in [7, 11) is -9.93. The molecule has 0 amide bonds. The lowest BCUT2D eigenvalue weighted by molar-refractivity contribution is -0.161. The smallest absolute Gasteiger partial charge is 0.462 e. The zero-order valence-corrected chi connectivity index (χ0v) is 69.0. The van der Waals surface area contributed by atoms with Crippen LogP contribution in [-0.4, -0.2) is 96.7 Å². The first-order valence-corrected chi connectivity index (χ1v) is 45.7. The van der Waals surface area contributed by atoms with Crippen molar-refractivity contribution in [1.29, 1.82) is 0 Å². The molecule has 0 spiro atoms. The van der Waals surface area contributed by atoms with Crippen molar-refractivity contribution in [1.82, 2.24) is 0 Å². The van der Waals surface area contributed by atoms with Crippen LogP contribution in [0.2, 0.25) is 0 Å². The summed E-state index contributed by atoms with van der Waals surface area (Å²) >= 11 is 0. The van der Waals surface area contributed by atoms with Crippen molar-refractivity contribution in [2.24, 2.45) is 23.7 Å². The predicted molar refractivity (Wildman–Crippen MR) is 418 cm³/mol. The van der Waals surface area contributed by atoms with Crippen LogP contribution in [0, 0.1) is 23.7 Å². The fourth-order valence-corrected chi connectivity index (χ4v) is 14.4. The number of unbranched alkanes of at least 4 members (excludes halogenated alkanes) is 46. The van der Waals surface area contributed by atoms with E-state index in [1.165, 1.54) is 231 Å². The maximum absolute atomic E-state index is 13.1. The van der Waals surface area contributed by atoms with Crippen molar-refractivity contribution in [3.8, 4) is 0 Å². The van der Waals surface area contributed by atoms with E-state index in [4.69, 9.17) is 37.0 Å². The van der Waals surface area contributed by atoms with Crippen molar-refractivity contribution in [2.45, 2.75) is 446 Å². The van der Waals surface area contributed by atoms with Crippen LogP contribution in [0.3, 0.4) is 0 Å². The van der Waals surface area contributed by atoms with Gasteiger partial charge >= 0.3 is 39.5 Å². The van der Waals surface area contributed by atoms with Crippen LogP contribution in [0.5, 0.6) is 0 Å². The highest BCUT2D eigenvalue weighted by Crippen LogP contribution is 2.45. The molecule has 2 unspecified atom stereocenters. The van der Waals surface area contributed by atoms with E-state index in [0.717, 1.165) is 114 Å². The summed E-state index contributed by atoms with van der Waals surface area (Å²) in [5.41, 5.74) is 0. The molecule has 0 aliphatic heterocycles. The number of phosphoric acid groups is 2. The third-order valence-electron chi connectivity index (χ3n) is 19.3. The Morgan fingerprint density at radius 1 is 0.245 bits per heavy atom. The molecule has 0 heterocycles. The first-order chi connectivity index (χ1) is 49.1. The summed E-state index contributed by atoms with van der Waals surface area (Å²) in [5.74, 6) is 1.01. The first kappa shape index (κ1) is 100. The van der Waals surface area contributed by atoms with Gasteiger partial charge in [0.15, 0.2) is 12.2 Å². The number of ether oxygens (including phenoxy) is 4. The minimum atomic E-state index is -4.96. The molecular formula is C83H162O17P2. The summed E-state index contributed by atoms with van der Waals surface area (Å²) in [6.07, 6.45) is 59.6. The van der Waals surface area contributed by atoms with Gasteiger partial charge < -0.3 is 33.8 Å². The summed E-state index contributed by atoms with van der Waals surface area (Å²) in [5, 5.41) is 10.7. The van der Waals surface area contributed by atoms with Gasteiger partial charge in [0.05, 0.1) is 26.4 Å². The van der Waals surface area contributed by atoms with Crippen LogP contribution < -0.4 is 0 Å². The average molecular weight is 1490 g/mol. The number of hydrogen-bond donors (Lipinski definition) is 3. The Kier molecular flexibility index (Phi) is 70.6. The second kappa shape index (κ2) is 72.0. The lowest BCUT2D eigenvalue weighted by Crippen LogP contribution is -2.30. The van der Waals surface area contributed by atoms with E-state index in [9.17, 15) is 43.2 Å². The second-order valence-electron chi connectivity index (χ2n) is 31.8. The van der Waals surface area contributed by atoms with Crippen molar-refractivity contribution < 1.29 is 80.2 Å². The lowest BCUT2D eigenvalue weighted by atomic mass is 10.0. The molecule has 17 nitrogen and oxygen atoms in total. The molecule has 3 N–H and O–H groups in total. The van der Waals surface area contributed by atoms with Crippen LogP contribution in [0.4, 0.5) is 0 Å². The van der Waals surface area contributed by atoms with Crippen LogP contribution >= 0.6 is 15.6 Å². The Hall–Kier alpha value is -1.94. The van der Waals surface area contributed by atoms with Gasteiger partial charge in [0, 0.05) is 25.7 Å². The van der Waals surface area contributed by atoms with Crippen molar-refractivity contribution in [3.63, 3.8) is 0 Å². The number of aliphatic hydroxyl groups excluding tert-OH is 1. The fourth-order valence-electron chi connectivity index (χ4n) is 12.8. The van der Waals surface area contributed by atoms with Crippen LogP contribution in [0.25, 0.3) is 0 Å². The highest BCUT2D eigenvalue weighted by Gasteiger charge is 2.30. The van der Waals surface area contributed by atoms with Crippen molar-refractivity contribution in [3.05, 3.63) is 0 Å². The van der Waals surface area contributed by atoms with Gasteiger partial charge in [-0.1, -0.05) is 376 Å². The largest absolute Gasteiger partial charge is 0.472 e. The highest BCUT2D eigenvalue weighted by atomic mass is 31.2. The molecule has 0 aromatic heterocycles. The van der Waals surface area contributed by atoms with E-state index in [1.54, 1.807) is 0 Å².